The standard InChI is InChI=1S/C40H43F2N7O7/c1-4-27-29(42)10-9-22-13-26(56-21-53-2)15-28(32(22)27)34(50)37-43-35-33(49(37)24-7-5-8-24)36(46-18-25-14-31(54-3)30(19-46)48(25)39(51)52)45-38(44-35)55-20-40-11-6-12-47(40)17-23(41)16-40/h1,9-10,13,15,23-25,30-31H,5-8,11-12,14,16-21H2,2-3H3,(H,51,52)/t23-,25?,30?,31?,40+/m1/s1. The summed E-state index contributed by atoms with van der Waals surface area (Å²) in [5.41, 5.74) is 0.289. The minimum atomic E-state index is -1.02. The van der Waals surface area contributed by atoms with Crippen molar-refractivity contribution in [2.75, 3.05) is 58.7 Å². The van der Waals surface area contributed by atoms with E-state index in [4.69, 9.17) is 40.3 Å². The van der Waals surface area contributed by atoms with Gasteiger partial charge in [0.2, 0.25) is 5.78 Å². The number of amides is 1. The smallest absolute Gasteiger partial charge is 0.408 e. The van der Waals surface area contributed by atoms with Gasteiger partial charge in [-0.2, -0.15) is 9.97 Å². The van der Waals surface area contributed by atoms with Gasteiger partial charge in [-0.15, -0.1) is 6.42 Å². The Hall–Kier alpha value is -5.11. The summed E-state index contributed by atoms with van der Waals surface area (Å²) in [4.78, 5) is 47.8. The van der Waals surface area contributed by atoms with Crippen molar-refractivity contribution in [3.05, 3.63) is 47.0 Å². The molecule has 1 N–H and O–H groups in total. The summed E-state index contributed by atoms with van der Waals surface area (Å²) in [6.07, 6.45) is 8.60. The minimum absolute atomic E-state index is 0.0293. The second-order valence-electron chi connectivity index (χ2n) is 15.6. The van der Waals surface area contributed by atoms with Crippen LogP contribution in [0.5, 0.6) is 11.8 Å². The fraction of sp³-hybridized carbons (Fsp3) is 0.525. The number of carbonyl (C=O) groups is 2. The molecule has 3 unspecified atom stereocenters. The van der Waals surface area contributed by atoms with E-state index in [9.17, 15) is 14.3 Å². The Kier molecular flexibility index (Phi) is 9.21. The minimum Gasteiger partial charge on any atom is -0.468 e. The molecule has 1 amide bonds. The number of carbonyl (C=O) groups excluding carboxylic acids is 1. The average molecular weight is 772 g/mol. The number of ether oxygens (including phenoxy) is 4. The number of piperazine rings is 1. The van der Waals surface area contributed by atoms with Gasteiger partial charge < -0.3 is 33.5 Å². The van der Waals surface area contributed by atoms with Gasteiger partial charge in [-0.1, -0.05) is 12.0 Å². The molecule has 16 heteroatoms. The van der Waals surface area contributed by atoms with E-state index in [1.165, 1.54) is 24.1 Å². The number of halogens is 2. The van der Waals surface area contributed by atoms with Gasteiger partial charge in [0.15, 0.2) is 24.1 Å². The van der Waals surface area contributed by atoms with Crippen LogP contribution in [-0.4, -0.2) is 130 Å². The zero-order valence-corrected chi connectivity index (χ0v) is 31.2. The van der Waals surface area contributed by atoms with E-state index in [1.54, 1.807) is 19.2 Å². The van der Waals surface area contributed by atoms with Crippen LogP contribution in [0.3, 0.4) is 0 Å². The quantitative estimate of drug-likeness (QED) is 0.125. The summed E-state index contributed by atoms with van der Waals surface area (Å²) in [6, 6.07) is 5.04. The van der Waals surface area contributed by atoms with Crippen molar-refractivity contribution in [2.45, 2.75) is 80.9 Å². The summed E-state index contributed by atoms with van der Waals surface area (Å²) in [7, 11) is 3.06. The topological polar surface area (TPSA) is 145 Å². The normalized spacial score (nSPS) is 26.1. The lowest BCUT2D eigenvalue weighted by molar-refractivity contribution is 0.0511. The zero-order chi connectivity index (χ0) is 38.9. The van der Waals surface area contributed by atoms with Crippen molar-refractivity contribution in [1.82, 2.24) is 29.3 Å². The van der Waals surface area contributed by atoms with Gasteiger partial charge in [-0.25, -0.2) is 18.6 Å². The van der Waals surface area contributed by atoms with E-state index in [0.29, 0.717) is 48.4 Å². The second-order valence-corrected chi connectivity index (χ2v) is 15.6. The molecule has 2 aromatic carbocycles. The van der Waals surface area contributed by atoms with Crippen molar-refractivity contribution >= 4 is 39.6 Å². The maximum atomic E-state index is 15.3. The third-order valence-electron chi connectivity index (χ3n) is 12.5. The Bertz CT molecular complexity index is 2280. The van der Waals surface area contributed by atoms with E-state index in [-0.39, 0.29) is 72.1 Å². The highest BCUT2D eigenvalue weighted by Gasteiger charge is 2.51. The van der Waals surface area contributed by atoms with E-state index < -0.39 is 35.4 Å². The maximum Gasteiger partial charge on any atom is 0.408 e. The first-order valence-electron chi connectivity index (χ1n) is 19.1. The molecule has 14 nitrogen and oxygen atoms in total. The molecule has 4 aromatic rings. The molecule has 9 rings (SSSR count). The van der Waals surface area contributed by atoms with Gasteiger partial charge in [0, 0.05) is 57.3 Å². The summed E-state index contributed by atoms with van der Waals surface area (Å²) < 4.78 is 54.9. The lowest BCUT2D eigenvalue weighted by Crippen LogP contribution is -2.57. The van der Waals surface area contributed by atoms with Crippen LogP contribution in [0.15, 0.2) is 24.3 Å². The Balaban J connectivity index is 1.21. The molecule has 2 bridgehead atoms. The molecule has 0 spiro atoms. The summed E-state index contributed by atoms with van der Waals surface area (Å²) in [5.74, 6) is 2.11. The number of carboxylic acid groups (broad SMARTS) is 1. The van der Waals surface area contributed by atoms with E-state index >= 15 is 9.18 Å². The number of methoxy groups -OCH3 is 2. The van der Waals surface area contributed by atoms with Gasteiger partial charge in [0.1, 0.15) is 29.9 Å². The summed E-state index contributed by atoms with van der Waals surface area (Å²) in [5, 5.41) is 10.9. The fourth-order valence-corrected chi connectivity index (χ4v) is 9.76. The molecule has 4 saturated heterocycles. The van der Waals surface area contributed by atoms with Crippen LogP contribution in [0, 0.1) is 18.2 Å². The molecule has 0 radical (unpaired) electrons. The molecule has 1 saturated carbocycles. The van der Waals surface area contributed by atoms with Crippen molar-refractivity contribution in [1.29, 1.82) is 0 Å². The van der Waals surface area contributed by atoms with Crippen molar-refractivity contribution < 1.29 is 42.4 Å². The van der Waals surface area contributed by atoms with Crippen LogP contribution in [0.1, 0.15) is 72.7 Å². The molecular weight excluding hydrogens is 728 g/mol. The first-order valence-corrected chi connectivity index (χ1v) is 19.1. The first-order chi connectivity index (χ1) is 27.1. The highest BCUT2D eigenvalue weighted by molar-refractivity contribution is 6.17. The van der Waals surface area contributed by atoms with Crippen molar-refractivity contribution in [2.24, 2.45) is 0 Å². The predicted molar refractivity (Wildman–Crippen MR) is 200 cm³/mol. The molecule has 6 heterocycles. The highest BCUT2D eigenvalue weighted by Crippen LogP contribution is 2.44. The number of ketones is 1. The molecule has 4 aliphatic heterocycles. The van der Waals surface area contributed by atoms with E-state index in [1.807, 2.05) is 9.47 Å². The number of nitrogens with zero attached hydrogens (tertiary/aromatic N) is 7. The Labute approximate surface area is 321 Å². The Morgan fingerprint density at radius 1 is 1.07 bits per heavy atom. The lowest BCUT2D eigenvalue weighted by Gasteiger charge is -2.41. The number of alkyl halides is 1. The van der Waals surface area contributed by atoms with Gasteiger partial charge in [-0.05, 0) is 68.7 Å². The number of fused-ring (bicyclic) bond motifs is 5. The third-order valence-corrected chi connectivity index (χ3v) is 12.5. The van der Waals surface area contributed by atoms with Gasteiger partial charge >= 0.3 is 12.1 Å². The monoisotopic (exact) mass is 771 g/mol. The van der Waals surface area contributed by atoms with Crippen molar-refractivity contribution in [3.63, 3.8) is 0 Å². The maximum absolute atomic E-state index is 15.3. The van der Waals surface area contributed by atoms with Crippen molar-refractivity contribution in [3.8, 4) is 24.1 Å². The van der Waals surface area contributed by atoms with Gasteiger partial charge in [0.05, 0.1) is 29.3 Å². The molecule has 5 atom stereocenters. The number of hydrogen-bond donors (Lipinski definition) is 1. The lowest BCUT2D eigenvalue weighted by atomic mass is 9.91. The predicted octanol–water partition coefficient (Wildman–Crippen LogP) is 4.95. The molecular formula is C40H43F2N7O7. The highest BCUT2D eigenvalue weighted by atomic mass is 19.1. The fourth-order valence-electron chi connectivity index (χ4n) is 9.76. The number of terminal acetylenes is 1. The van der Waals surface area contributed by atoms with Crippen LogP contribution < -0.4 is 14.4 Å². The van der Waals surface area contributed by atoms with Crippen LogP contribution in [0.4, 0.5) is 19.4 Å². The number of anilines is 1. The van der Waals surface area contributed by atoms with E-state index in [0.717, 1.165) is 38.6 Å². The molecule has 56 heavy (non-hydrogen) atoms. The molecule has 2 aromatic heterocycles. The number of rotatable bonds is 11. The average Bonchev–Trinajstić information content (AvgIpc) is 3.88. The van der Waals surface area contributed by atoms with E-state index in [2.05, 4.69) is 10.8 Å². The largest absolute Gasteiger partial charge is 0.468 e. The number of benzene rings is 2. The SMILES string of the molecule is C#Cc1c(F)ccc2cc(OCOC)cc(C(=O)c3nc4nc(OC[C@@]56CCCN5C[C@H](F)C6)nc(N5CC6CC(OC)C(C5)N6C(=O)O)c4n3C3CCC3)c12. The van der Waals surface area contributed by atoms with Crippen LogP contribution in [0.2, 0.25) is 0 Å². The molecule has 5 aliphatic rings. The number of hydrogen-bond acceptors (Lipinski definition) is 11. The van der Waals surface area contributed by atoms with Crippen LogP contribution >= 0.6 is 0 Å². The second kappa shape index (κ2) is 14.1. The Morgan fingerprint density at radius 3 is 2.64 bits per heavy atom. The molecule has 5 fully saturated rings. The first kappa shape index (κ1) is 36.5. The number of aromatic nitrogens is 4. The van der Waals surface area contributed by atoms with Crippen LogP contribution in [-0.2, 0) is 9.47 Å². The zero-order valence-electron chi connectivity index (χ0n) is 31.2. The summed E-state index contributed by atoms with van der Waals surface area (Å²) >= 11 is 0. The molecule has 1 aliphatic carbocycles. The van der Waals surface area contributed by atoms with Gasteiger partial charge in [0.25, 0.3) is 0 Å². The molecule has 294 valence electrons. The third kappa shape index (κ3) is 5.90. The summed E-state index contributed by atoms with van der Waals surface area (Å²) in [6.45, 7) is 1.82. The van der Waals surface area contributed by atoms with Crippen LogP contribution in [0.25, 0.3) is 21.9 Å². The van der Waals surface area contributed by atoms with Gasteiger partial charge in [-0.3, -0.25) is 14.6 Å². The number of imidazole rings is 1. The Morgan fingerprint density at radius 2 is 1.91 bits per heavy atom.